The second-order valence-electron chi connectivity index (χ2n) is 9.29. The topological polar surface area (TPSA) is 68.9 Å². The van der Waals surface area contributed by atoms with Gasteiger partial charge in [0.15, 0.2) is 5.82 Å². The van der Waals surface area contributed by atoms with Crippen molar-refractivity contribution in [3.63, 3.8) is 0 Å². The van der Waals surface area contributed by atoms with E-state index in [-0.39, 0.29) is 25.5 Å². The third-order valence-corrected chi connectivity index (χ3v) is 8.15. The van der Waals surface area contributed by atoms with Gasteiger partial charge in [0.25, 0.3) is 0 Å². The highest BCUT2D eigenvalue weighted by molar-refractivity contribution is 7.19. The number of amides is 1. The van der Waals surface area contributed by atoms with Gasteiger partial charge < -0.3 is 5.32 Å². The van der Waals surface area contributed by atoms with Crippen molar-refractivity contribution in [2.75, 3.05) is 6.54 Å². The Bertz CT molecular complexity index is 1490. The molecular formula is C27H25ClF2N4O2S. The Kier molecular flexibility index (Phi) is 7.26. The van der Waals surface area contributed by atoms with E-state index in [0.29, 0.717) is 26.2 Å². The summed E-state index contributed by atoms with van der Waals surface area (Å²) in [4.78, 5) is 26.9. The zero-order valence-corrected chi connectivity index (χ0v) is 21.5. The second kappa shape index (κ2) is 10.6. The Morgan fingerprint density at radius 1 is 1.03 bits per heavy atom. The van der Waals surface area contributed by atoms with Crippen molar-refractivity contribution in [3.8, 4) is 10.7 Å². The van der Waals surface area contributed by atoms with E-state index in [0.717, 1.165) is 30.4 Å². The molecule has 1 amide bonds. The lowest BCUT2D eigenvalue weighted by Gasteiger charge is -2.30. The third kappa shape index (κ3) is 5.24. The van der Waals surface area contributed by atoms with Crippen LogP contribution < -0.4 is 11.0 Å². The molecule has 1 N–H and O–H groups in total. The van der Waals surface area contributed by atoms with Gasteiger partial charge in [-0.2, -0.15) is 0 Å². The molecule has 0 saturated heterocycles. The average Bonchev–Trinajstić information content (AvgIpc) is 3.61. The number of nitrogens with zero attached hydrogens (tertiary/aromatic N) is 3. The monoisotopic (exact) mass is 542 g/mol. The number of thiophene rings is 1. The zero-order chi connectivity index (χ0) is 26.0. The molecule has 4 aromatic rings. The average molecular weight is 543 g/mol. The summed E-state index contributed by atoms with van der Waals surface area (Å²) in [5, 5.41) is 7.31. The number of nitrogens with one attached hydrogen (secondary N) is 1. The Hall–Kier alpha value is -3.30. The highest BCUT2D eigenvalue weighted by atomic mass is 35.5. The number of carbonyl (C=O) groups is 1. The predicted molar refractivity (Wildman–Crippen MR) is 140 cm³/mol. The molecule has 1 aliphatic carbocycles. The summed E-state index contributed by atoms with van der Waals surface area (Å²) in [6.45, 7) is -0.0955. The van der Waals surface area contributed by atoms with E-state index in [1.807, 2.05) is 0 Å². The van der Waals surface area contributed by atoms with Crippen molar-refractivity contribution < 1.29 is 13.6 Å². The van der Waals surface area contributed by atoms with Crippen LogP contribution in [0.25, 0.3) is 10.7 Å². The molecule has 10 heteroatoms. The van der Waals surface area contributed by atoms with Crippen LogP contribution in [-0.2, 0) is 23.3 Å². The van der Waals surface area contributed by atoms with Gasteiger partial charge in [-0.05, 0) is 42.7 Å². The maximum Gasteiger partial charge on any atom is 0.347 e. The molecule has 0 atom stereocenters. The Labute approximate surface area is 221 Å². The van der Waals surface area contributed by atoms with Crippen molar-refractivity contribution >= 4 is 28.8 Å². The van der Waals surface area contributed by atoms with E-state index in [9.17, 15) is 18.4 Å². The van der Waals surface area contributed by atoms with Crippen LogP contribution in [0.1, 0.15) is 36.8 Å². The van der Waals surface area contributed by atoms with Crippen molar-refractivity contribution in [1.82, 2.24) is 19.7 Å². The van der Waals surface area contributed by atoms with Crippen LogP contribution in [0.5, 0.6) is 0 Å². The predicted octanol–water partition coefficient (Wildman–Crippen LogP) is 5.38. The van der Waals surface area contributed by atoms with Gasteiger partial charge in [-0.15, -0.1) is 16.4 Å². The highest BCUT2D eigenvalue weighted by Crippen LogP contribution is 2.41. The summed E-state index contributed by atoms with van der Waals surface area (Å²) in [5.41, 5.74) is -0.0844. The summed E-state index contributed by atoms with van der Waals surface area (Å²) in [6, 6.07) is 16.3. The minimum absolute atomic E-state index is 0.0472. The molecule has 2 aromatic carbocycles. The van der Waals surface area contributed by atoms with Gasteiger partial charge in [0, 0.05) is 17.5 Å². The molecule has 0 spiro atoms. The fourth-order valence-corrected chi connectivity index (χ4v) is 6.08. The lowest BCUT2D eigenvalue weighted by molar-refractivity contribution is -0.122. The maximum absolute atomic E-state index is 14.6. The SMILES string of the molecule is O=C(Cn1nc(-c2ccc(Cl)s2)n(Cc2ccccc2F)c1=O)NCC1(c2ccccc2F)CCCC1. The fourth-order valence-electron chi connectivity index (χ4n) is 5.04. The van der Waals surface area contributed by atoms with E-state index < -0.39 is 22.8 Å². The Morgan fingerprint density at radius 2 is 1.73 bits per heavy atom. The van der Waals surface area contributed by atoms with Crippen molar-refractivity contribution in [3.05, 3.63) is 98.2 Å². The number of aromatic nitrogens is 3. The number of carbonyl (C=O) groups excluding carboxylic acids is 1. The number of hydrogen-bond donors (Lipinski definition) is 1. The van der Waals surface area contributed by atoms with Gasteiger partial charge in [-0.25, -0.2) is 18.3 Å². The smallest absolute Gasteiger partial charge is 0.347 e. The summed E-state index contributed by atoms with van der Waals surface area (Å²) in [7, 11) is 0. The van der Waals surface area contributed by atoms with Crippen LogP contribution in [0.15, 0.2) is 65.5 Å². The standard InChI is InChI=1S/C27H25ClF2N4O2S/c28-23-12-11-22(37-23)25-32-34(26(36)33(25)15-18-7-1-3-9-20(18)29)16-24(35)31-17-27(13-5-6-14-27)19-8-2-4-10-21(19)30/h1-4,7-12H,5-6,13-17H2,(H,31,35). The van der Waals surface area contributed by atoms with Gasteiger partial charge in [0.1, 0.15) is 18.2 Å². The van der Waals surface area contributed by atoms with Gasteiger partial charge in [-0.1, -0.05) is 60.8 Å². The molecule has 6 nitrogen and oxygen atoms in total. The van der Waals surface area contributed by atoms with Crippen molar-refractivity contribution in [1.29, 1.82) is 0 Å². The largest absolute Gasteiger partial charge is 0.354 e. The first kappa shape index (κ1) is 25.4. The minimum Gasteiger partial charge on any atom is -0.354 e. The summed E-state index contributed by atoms with van der Waals surface area (Å²) in [5.74, 6) is -0.821. The third-order valence-electron chi connectivity index (χ3n) is 6.93. The maximum atomic E-state index is 14.6. The zero-order valence-electron chi connectivity index (χ0n) is 19.9. The van der Waals surface area contributed by atoms with E-state index in [1.54, 1.807) is 48.5 Å². The van der Waals surface area contributed by atoms with Crippen molar-refractivity contribution in [2.45, 2.75) is 44.2 Å². The second-order valence-corrected chi connectivity index (χ2v) is 11.0. The van der Waals surface area contributed by atoms with Crippen LogP contribution in [-0.4, -0.2) is 26.8 Å². The van der Waals surface area contributed by atoms with Gasteiger partial charge in [0.2, 0.25) is 5.91 Å². The van der Waals surface area contributed by atoms with E-state index >= 15 is 0 Å². The lowest BCUT2D eigenvalue weighted by Crippen LogP contribution is -2.42. The first-order chi connectivity index (χ1) is 17.9. The quantitative estimate of drug-likeness (QED) is 0.325. The van der Waals surface area contributed by atoms with Crippen LogP contribution in [0, 0.1) is 11.6 Å². The first-order valence-corrected chi connectivity index (χ1v) is 13.2. The molecule has 0 unspecified atom stereocenters. The van der Waals surface area contributed by atoms with Gasteiger partial charge >= 0.3 is 5.69 Å². The molecule has 0 bridgehead atoms. The molecular weight excluding hydrogens is 518 g/mol. The number of benzene rings is 2. The van der Waals surface area contributed by atoms with Crippen LogP contribution in [0.2, 0.25) is 4.34 Å². The van der Waals surface area contributed by atoms with E-state index in [4.69, 9.17) is 11.6 Å². The molecule has 0 radical (unpaired) electrons. The number of halogens is 3. The summed E-state index contributed by atoms with van der Waals surface area (Å²) >= 11 is 7.34. The number of hydrogen-bond acceptors (Lipinski definition) is 4. The minimum atomic E-state index is -0.539. The molecule has 1 saturated carbocycles. The van der Waals surface area contributed by atoms with Crippen LogP contribution in [0.4, 0.5) is 8.78 Å². The Balaban J connectivity index is 1.39. The molecule has 2 heterocycles. The van der Waals surface area contributed by atoms with Crippen molar-refractivity contribution in [2.24, 2.45) is 0 Å². The molecule has 0 aliphatic heterocycles. The van der Waals surface area contributed by atoms with Gasteiger partial charge in [-0.3, -0.25) is 9.36 Å². The van der Waals surface area contributed by atoms with Crippen LogP contribution >= 0.6 is 22.9 Å². The lowest BCUT2D eigenvalue weighted by atomic mass is 9.78. The normalized spacial score (nSPS) is 14.7. The fraction of sp³-hybridized carbons (Fsp3) is 0.296. The first-order valence-electron chi connectivity index (χ1n) is 12.0. The van der Waals surface area contributed by atoms with E-state index in [1.165, 1.54) is 28.0 Å². The molecule has 1 fully saturated rings. The summed E-state index contributed by atoms with van der Waals surface area (Å²) < 4.78 is 31.9. The molecule has 192 valence electrons. The van der Waals surface area contributed by atoms with Crippen LogP contribution in [0.3, 0.4) is 0 Å². The summed E-state index contributed by atoms with van der Waals surface area (Å²) in [6.07, 6.45) is 3.46. The Morgan fingerprint density at radius 3 is 2.41 bits per heavy atom. The molecule has 37 heavy (non-hydrogen) atoms. The molecule has 2 aromatic heterocycles. The molecule has 1 aliphatic rings. The highest BCUT2D eigenvalue weighted by Gasteiger charge is 2.37. The van der Waals surface area contributed by atoms with Gasteiger partial charge in [0.05, 0.1) is 15.8 Å². The van der Waals surface area contributed by atoms with E-state index in [2.05, 4.69) is 10.4 Å². The molecule has 5 rings (SSSR count). The number of rotatable bonds is 8.